The van der Waals surface area contributed by atoms with Crippen molar-refractivity contribution in [2.24, 2.45) is 0 Å². The Morgan fingerprint density at radius 2 is 1.53 bits per heavy atom. The Hall–Kier alpha value is -4.60. The molecule has 304 valence electrons. The summed E-state index contributed by atoms with van der Waals surface area (Å²) in [7, 11) is -4.26. The number of quaternary nitrogens is 1. The molecule has 2 N–H and O–H groups in total. The Morgan fingerprint density at radius 3 is 2.33 bits per heavy atom. The molecule has 7 nitrogen and oxygen atoms in total. The summed E-state index contributed by atoms with van der Waals surface area (Å²) >= 11 is 0. The van der Waals surface area contributed by atoms with E-state index in [2.05, 4.69) is 111 Å². The number of ether oxygens (including phenoxy) is 1. The fraction of sp³-hybridized carbons (Fsp3) is 0.380. The molecule has 58 heavy (non-hydrogen) atoms. The molecule has 4 aromatic rings. The monoisotopic (exact) mass is 799 g/mol. The summed E-state index contributed by atoms with van der Waals surface area (Å²) in [5.41, 5.74) is 9.44. The number of benzene rings is 4. The average Bonchev–Trinajstić information content (AvgIpc) is 3.56. The Kier molecular flexibility index (Phi) is 12.7. The van der Waals surface area contributed by atoms with Crippen molar-refractivity contribution in [3.8, 4) is 5.75 Å². The summed E-state index contributed by atoms with van der Waals surface area (Å²) in [6, 6.07) is 31.8. The van der Waals surface area contributed by atoms with Crippen LogP contribution in [0, 0.1) is 0 Å². The van der Waals surface area contributed by atoms with Gasteiger partial charge in [0.2, 0.25) is 5.69 Å². The largest absolute Gasteiger partial charge is 0.748 e. The second-order valence-electron chi connectivity index (χ2n) is 17.1. The number of fused-ring (bicyclic) bond motifs is 4. The predicted molar refractivity (Wildman–Crippen MR) is 234 cm³/mol. The van der Waals surface area contributed by atoms with Crippen LogP contribution in [0.3, 0.4) is 0 Å². The molecule has 1 atom stereocenters. The van der Waals surface area contributed by atoms with Gasteiger partial charge in [0.25, 0.3) is 0 Å². The lowest BCUT2D eigenvalue weighted by atomic mass is 9.80. The van der Waals surface area contributed by atoms with Crippen molar-refractivity contribution >= 4 is 38.0 Å². The molecule has 2 heterocycles. The predicted octanol–water partition coefficient (Wildman–Crippen LogP) is 9.49. The van der Waals surface area contributed by atoms with Crippen LogP contribution in [0.5, 0.6) is 5.75 Å². The first kappa shape index (κ1) is 41.6. The molecule has 0 radical (unpaired) electrons. The van der Waals surface area contributed by atoms with Crippen LogP contribution in [0.1, 0.15) is 96.6 Å². The molecule has 0 saturated heterocycles. The lowest BCUT2D eigenvalue weighted by Gasteiger charge is -2.24. The number of aliphatic hydroxyl groups is 1. The molecule has 0 saturated carbocycles. The Labute approximate surface area is 345 Å². The molecule has 3 aliphatic rings. The first-order valence-corrected chi connectivity index (χ1v) is 22.7. The van der Waals surface area contributed by atoms with Gasteiger partial charge in [-0.25, -0.2) is 8.42 Å². The van der Waals surface area contributed by atoms with Gasteiger partial charge in [0, 0.05) is 48.1 Å². The van der Waals surface area contributed by atoms with Crippen molar-refractivity contribution in [2.45, 2.75) is 96.3 Å². The molecular formula is C50H59N2O5S+. The van der Waals surface area contributed by atoms with Crippen LogP contribution in [0.2, 0.25) is 0 Å². The molecule has 2 aliphatic heterocycles. The third-order valence-electron chi connectivity index (χ3n) is 12.4. The third-order valence-corrected chi connectivity index (χ3v) is 13.2. The van der Waals surface area contributed by atoms with Crippen LogP contribution in [0.4, 0.5) is 11.4 Å². The zero-order chi connectivity index (χ0) is 40.9. The van der Waals surface area contributed by atoms with E-state index in [9.17, 15) is 18.1 Å². The standard InChI is InChI=1S/C50H58N2O5S/c1-49(2)42-25-12-13-26-43(42)51(34-15-17-36-58(54,55)56)45(49)31-28-38-20-18-21-39(48(38)57-40-22-8-7-9-23-40)29-32-46-50(3,4)47-41-24-11-10-19-37(41)27-30-44(47)52(46)33-14-5-6-16-35-53/h7-13,19,22-32,53H,5-6,14-18,20-21,33-36H2,1-4H3/p+1. The number of rotatable bonds is 16. The maximum Gasteiger partial charge on any atom is 0.209 e. The highest BCUT2D eigenvalue weighted by atomic mass is 32.2. The highest BCUT2D eigenvalue weighted by Gasteiger charge is 2.46. The Balaban J connectivity index is 1.29. The number of unbranched alkanes of at least 4 members (excludes halogenated alkanes) is 4. The second kappa shape index (κ2) is 17.7. The maximum atomic E-state index is 11.4. The number of aliphatic hydroxyl groups excluding tert-OH is 1. The van der Waals surface area contributed by atoms with Gasteiger partial charge in [0.05, 0.1) is 27.5 Å². The molecule has 8 heteroatoms. The summed E-state index contributed by atoms with van der Waals surface area (Å²) in [5.74, 6) is 1.35. The van der Waals surface area contributed by atoms with Crippen LogP contribution in [0.25, 0.3) is 10.8 Å². The molecule has 0 aromatic heterocycles. The molecular weight excluding hydrogens is 741 g/mol. The molecule has 1 unspecified atom stereocenters. The summed E-state index contributed by atoms with van der Waals surface area (Å²) in [5, 5.41) is 12.0. The van der Waals surface area contributed by atoms with Gasteiger partial charge in [-0.3, -0.25) is 4.90 Å². The minimum Gasteiger partial charge on any atom is -0.748 e. The van der Waals surface area contributed by atoms with E-state index in [0.717, 1.165) is 80.0 Å². The van der Waals surface area contributed by atoms with E-state index in [1.54, 1.807) is 0 Å². The number of nitrogens with one attached hydrogen (secondary N) is 1. The minimum absolute atomic E-state index is 0.198. The molecule has 7 rings (SSSR count). The molecule has 4 aromatic carbocycles. The summed E-state index contributed by atoms with van der Waals surface area (Å²) in [6.45, 7) is 11.1. The Morgan fingerprint density at radius 1 is 0.793 bits per heavy atom. The average molecular weight is 800 g/mol. The van der Waals surface area contributed by atoms with E-state index >= 15 is 0 Å². The van der Waals surface area contributed by atoms with Crippen LogP contribution in [-0.4, -0.2) is 53.8 Å². The first-order chi connectivity index (χ1) is 27.9. The van der Waals surface area contributed by atoms with Gasteiger partial charge in [-0.05, 0) is 131 Å². The van der Waals surface area contributed by atoms with E-state index in [0.29, 0.717) is 19.4 Å². The van der Waals surface area contributed by atoms with Gasteiger partial charge in [-0.15, -0.1) is 0 Å². The van der Waals surface area contributed by atoms with Gasteiger partial charge in [0.15, 0.2) is 5.71 Å². The van der Waals surface area contributed by atoms with Crippen molar-refractivity contribution in [3.05, 3.63) is 149 Å². The molecule has 0 spiro atoms. The van der Waals surface area contributed by atoms with Crippen LogP contribution in [-0.2, 0) is 20.9 Å². The molecule has 0 amide bonds. The smallest absolute Gasteiger partial charge is 0.209 e. The van der Waals surface area contributed by atoms with Crippen molar-refractivity contribution in [1.82, 2.24) is 0 Å². The molecule has 1 aliphatic carbocycles. The topological polar surface area (TPSA) is 94.1 Å². The lowest BCUT2D eigenvalue weighted by molar-refractivity contribution is -0.789. The van der Waals surface area contributed by atoms with Crippen molar-refractivity contribution in [3.63, 3.8) is 0 Å². The van der Waals surface area contributed by atoms with E-state index < -0.39 is 10.1 Å². The maximum absolute atomic E-state index is 11.4. The lowest BCUT2D eigenvalue weighted by Crippen LogP contribution is -3.04. The van der Waals surface area contributed by atoms with Crippen LogP contribution >= 0.6 is 0 Å². The summed E-state index contributed by atoms with van der Waals surface area (Å²) < 4.78 is 43.3. The van der Waals surface area contributed by atoms with Gasteiger partial charge >= 0.3 is 0 Å². The van der Waals surface area contributed by atoms with E-state index in [-0.39, 0.29) is 23.2 Å². The van der Waals surface area contributed by atoms with E-state index in [1.165, 1.54) is 43.8 Å². The fourth-order valence-electron chi connectivity index (χ4n) is 9.45. The van der Waals surface area contributed by atoms with E-state index in [1.807, 2.05) is 36.4 Å². The summed E-state index contributed by atoms with van der Waals surface area (Å²) in [4.78, 5) is 1.42. The minimum atomic E-state index is -4.26. The first-order valence-electron chi connectivity index (χ1n) is 21.1. The van der Waals surface area contributed by atoms with E-state index in [4.69, 9.17) is 4.74 Å². The van der Waals surface area contributed by atoms with Gasteiger partial charge < -0.3 is 14.4 Å². The number of allylic oxidation sites excluding steroid dienone is 7. The van der Waals surface area contributed by atoms with Crippen molar-refractivity contribution in [1.29, 1.82) is 0 Å². The zero-order valence-corrected chi connectivity index (χ0v) is 35.4. The Bertz CT molecular complexity index is 2400. The second-order valence-corrected chi connectivity index (χ2v) is 18.6. The number of para-hydroxylation sites is 2. The normalized spacial score (nSPS) is 20.1. The van der Waals surface area contributed by atoms with Gasteiger partial charge in [0.1, 0.15) is 29.4 Å². The van der Waals surface area contributed by atoms with Gasteiger partial charge in [-0.1, -0.05) is 67.1 Å². The quantitative estimate of drug-likeness (QED) is 0.0670. The molecule has 0 bridgehead atoms. The number of hydrogen-bond donors (Lipinski definition) is 2. The van der Waals surface area contributed by atoms with Gasteiger partial charge in [-0.2, -0.15) is 4.58 Å². The van der Waals surface area contributed by atoms with Crippen LogP contribution < -0.4 is 9.64 Å². The molecule has 0 fully saturated rings. The number of nitrogens with zero attached hydrogens (tertiary/aromatic N) is 1. The SMILES string of the molecule is CC1(C)C(C=CC2=C(Oc3ccccc3)C(=CC=C3[NH+](CCCCCCO)c4ccc5ccccc5c4C3(C)C)CCC2)=[N+](CCCCS(=O)(=O)[O-])c2ccccc21. The highest BCUT2D eigenvalue weighted by molar-refractivity contribution is 7.85. The van der Waals surface area contributed by atoms with Crippen molar-refractivity contribution < 1.29 is 32.3 Å². The van der Waals surface area contributed by atoms with Crippen LogP contribution in [0.15, 0.2) is 138 Å². The third kappa shape index (κ3) is 8.86. The van der Waals surface area contributed by atoms with Crippen molar-refractivity contribution in [2.75, 3.05) is 25.4 Å². The fourth-order valence-corrected chi connectivity index (χ4v) is 10.0. The highest BCUT2D eigenvalue weighted by Crippen LogP contribution is 2.44. The zero-order valence-electron chi connectivity index (χ0n) is 34.6. The number of hydrogen-bond acceptors (Lipinski definition) is 5. The summed E-state index contributed by atoms with van der Waals surface area (Å²) in [6.07, 6.45) is 16.9.